The third-order valence-corrected chi connectivity index (χ3v) is 1.93. The number of rotatable bonds is 2. The number of nitrogens with zero attached hydrogens (tertiary/aromatic N) is 1. The van der Waals surface area contributed by atoms with E-state index in [0.29, 0.717) is 5.76 Å². The molecule has 0 bridgehead atoms. The molecule has 0 aliphatic rings. The predicted molar refractivity (Wildman–Crippen MR) is 56.3 cm³/mol. The third-order valence-electron chi connectivity index (χ3n) is 1.93. The van der Waals surface area contributed by atoms with E-state index >= 15 is 0 Å². The van der Waals surface area contributed by atoms with Crippen molar-refractivity contribution in [3.05, 3.63) is 46.1 Å². The van der Waals surface area contributed by atoms with Gasteiger partial charge in [0.1, 0.15) is 11.3 Å². The Hall–Kier alpha value is -2.37. The highest BCUT2D eigenvalue weighted by Gasteiger charge is 2.11. The van der Waals surface area contributed by atoms with Crippen molar-refractivity contribution in [2.24, 2.45) is 0 Å². The number of aromatic amines is 1. The maximum Gasteiger partial charge on any atom is 0.262 e. The minimum atomic E-state index is -0.518. The summed E-state index contributed by atoms with van der Waals surface area (Å²) in [6.45, 7) is 1.71. The van der Waals surface area contributed by atoms with E-state index in [0.717, 1.165) is 0 Å². The molecule has 2 heterocycles. The Morgan fingerprint density at radius 2 is 2.38 bits per heavy atom. The zero-order chi connectivity index (χ0) is 11.5. The van der Waals surface area contributed by atoms with E-state index in [1.807, 2.05) is 0 Å². The van der Waals surface area contributed by atoms with Crippen molar-refractivity contribution in [3.8, 4) is 0 Å². The van der Waals surface area contributed by atoms with E-state index in [9.17, 15) is 9.59 Å². The van der Waals surface area contributed by atoms with E-state index in [1.54, 1.807) is 19.1 Å². The van der Waals surface area contributed by atoms with Gasteiger partial charge in [0.2, 0.25) is 0 Å². The molecule has 2 N–H and O–H groups in total. The van der Waals surface area contributed by atoms with Gasteiger partial charge in [0.05, 0.1) is 0 Å². The summed E-state index contributed by atoms with van der Waals surface area (Å²) in [6.07, 6.45) is 1.46. The molecule has 1 amide bonds. The van der Waals surface area contributed by atoms with E-state index in [2.05, 4.69) is 15.5 Å². The lowest BCUT2D eigenvalue weighted by Gasteiger charge is -1.98. The molecular weight excluding hydrogens is 210 g/mol. The van der Waals surface area contributed by atoms with Crippen LogP contribution in [0.25, 0.3) is 0 Å². The normalized spacial score (nSPS) is 10.1. The Bertz CT molecular complexity index is 570. The van der Waals surface area contributed by atoms with Crippen LogP contribution in [-0.2, 0) is 0 Å². The number of hydrogen-bond acceptors (Lipinski definition) is 4. The monoisotopic (exact) mass is 219 g/mol. The fraction of sp³-hybridized carbons (Fsp3) is 0.100. The molecule has 2 aromatic heterocycles. The summed E-state index contributed by atoms with van der Waals surface area (Å²) in [6, 6.07) is 4.57. The molecule has 0 aliphatic carbocycles. The lowest BCUT2D eigenvalue weighted by atomic mass is 10.2. The van der Waals surface area contributed by atoms with Crippen LogP contribution in [0.2, 0.25) is 0 Å². The van der Waals surface area contributed by atoms with Crippen molar-refractivity contribution in [2.45, 2.75) is 6.92 Å². The first-order valence-corrected chi connectivity index (χ1v) is 4.59. The number of pyridine rings is 1. The first-order valence-electron chi connectivity index (χ1n) is 4.59. The molecule has 6 nitrogen and oxygen atoms in total. The predicted octanol–water partition coefficient (Wildman–Crippen LogP) is 0.924. The molecule has 82 valence electrons. The van der Waals surface area contributed by atoms with E-state index < -0.39 is 11.5 Å². The van der Waals surface area contributed by atoms with Crippen molar-refractivity contribution in [3.63, 3.8) is 0 Å². The maximum absolute atomic E-state index is 11.6. The third kappa shape index (κ3) is 2.00. The second kappa shape index (κ2) is 4.01. The fourth-order valence-electron chi connectivity index (χ4n) is 1.21. The zero-order valence-corrected chi connectivity index (χ0v) is 8.48. The molecule has 0 spiro atoms. The number of anilines is 1. The van der Waals surface area contributed by atoms with Gasteiger partial charge in [-0.05, 0) is 19.1 Å². The molecule has 0 radical (unpaired) electrons. The zero-order valence-electron chi connectivity index (χ0n) is 8.48. The number of carbonyl (C=O) groups excluding carboxylic acids is 1. The molecule has 0 fully saturated rings. The van der Waals surface area contributed by atoms with Crippen LogP contribution >= 0.6 is 0 Å². The van der Waals surface area contributed by atoms with Crippen molar-refractivity contribution in [1.82, 2.24) is 10.1 Å². The number of nitrogens with one attached hydrogen (secondary N) is 2. The van der Waals surface area contributed by atoms with Gasteiger partial charge >= 0.3 is 0 Å². The number of aromatic nitrogens is 2. The van der Waals surface area contributed by atoms with Crippen molar-refractivity contribution in [1.29, 1.82) is 0 Å². The average molecular weight is 219 g/mol. The Morgan fingerprint density at radius 3 is 3.00 bits per heavy atom. The largest absolute Gasteiger partial charge is 0.360 e. The molecule has 2 rings (SSSR count). The van der Waals surface area contributed by atoms with Crippen LogP contribution < -0.4 is 10.9 Å². The van der Waals surface area contributed by atoms with Gasteiger partial charge in [0.15, 0.2) is 5.82 Å². The Labute approximate surface area is 90.3 Å². The van der Waals surface area contributed by atoms with Gasteiger partial charge in [-0.15, -0.1) is 0 Å². The molecule has 16 heavy (non-hydrogen) atoms. The Kier molecular flexibility index (Phi) is 2.55. The van der Waals surface area contributed by atoms with Gasteiger partial charge in [0.25, 0.3) is 11.5 Å². The highest BCUT2D eigenvalue weighted by molar-refractivity contribution is 6.03. The molecule has 0 atom stereocenters. The second-order valence-electron chi connectivity index (χ2n) is 3.19. The molecule has 0 saturated carbocycles. The van der Waals surface area contributed by atoms with Crippen molar-refractivity contribution < 1.29 is 9.32 Å². The Morgan fingerprint density at radius 1 is 1.56 bits per heavy atom. The standard InChI is InChI=1S/C10H9N3O3/c1-6-5-8(13-16-6)12-10(15)7-3-2-4-11-9(7)14/h2-5H,1H3,(H,11,14)(H,12,13,15). The van der Waals surface area contributed by atoms with Crippen molar-refractivity contribution in [2.75, 3.05) is 5.32 Å². The molecule has 0 saturated heterocycles. The quantitative estimate of drug-likeness (QED) is 0.786. The smallest absolute Gasteiger partial charge is 0.262 e. The number of amides is 1. The summed E-state index contributed by atoms with van der Waals surface area (Å²) in [5.41, 5.74) is -0.414. The molecule has 0 aromatic carbocycles. The first kappa shape index (κ1) is 10.2. The average Bonchev–Trinajstić information content (AvgIpc) is 2.64. The van der Waals surface area contributed by atoms with Gasteiger partial charge < -0.3 is 14.8 Å². The summed E-state index contributed by atoms with van der Waals surface area (Å²) in [5.74, 6) is 0.346. The minimum absolute atomic E-state index is 0.0307. The van der Waals surface area contributed by atoms with Gasteiger partial charge in [-0.1, -0.05) is 5.16 Å². The summed E-state index contributed by atoms with van der Waals surface area (Å²) in [7, 11) is 0. The second-order valence-corrected chi connectivity index (χ2v) is 3.19. The lowest BCUT2D eigenvalue weighted by Crippen LogP contribution is -2.22. The van der Waals surface area contributed by atoms with E-state index in [-0.39, 0.29) is 11.4 Å². The van der Waals surface area contributed by atoms with Crippen LogP contribution in [0, 0.1) is 6.92 Å². The highest BCUT2D eigenvalue weighted by Crippen LogP contribution is 2.07. The lowest BCUT2D eigenvalue weighted by molar-refractivity contribution is 0.102. The minimum Gasteiger partial charge on any atom is -0.360 e. The van der Waals surface area contributed by atoms with Crippen molar-refractivity contribution >= 4 is 11.7 Å². The van der Waals surface area contributed by atoms with Crippen LogP contribution in [0.3, 0.4) is 0 Å². The molecule has 0 aliphatic heterocycles. The van der Waals surface area contributed by atoms with E-state index in [1.165, 1.54) is 12.3 Å². The summed E-state index contributed by atoms with van der Waals surface area (Å²) in [4.78, 5) is 25.3. The van der Waals surface area contributed by atoms with E-state index in [4.69, 9.17) is 4.52 Å². The van der Waals surface area contributed by atoms with Gasteiger partial charge in [-0.25, -0.2) is 0 Å². The number of aryl methyl sites for hydroxylation is 1. The molecule has 2 aromatic rings. The summed E-state index contributed by atoms with van der Waals surface area (Å²) in [5, 5.41) is 6.05. The maximum atomic E-state index is 11.6. The van der Waals surface area contributed by atoms with Crippen LogP contribution in [0.15, 0.2) is 33.7 Å². The molecular formula is C10H9N3O3. The molecule has 6 heteroatoms. The first-order chi connectivity index (χ1) is 7.66. The number of hydrogen-bond donors (Lipinski definition) is 2. The fourth-order valence-corrected chi connectivity index (χ4v) is 1.21. The topological polar surface area (TPSA) is 88.0 Å². The highest BCUT2D eigenvalue weighted by atomic mass is 16.5. The van der Waals surface area contributed by atoms with Crippen LogP contribution in [0.4, 0.5) is 5.82 Å². The molecule has 0 unspecified atom stereocenters. The Balaban J connectivity index is 2.21. The van der Waals surface area contributed by atoms with Crippen LogP contribution in [-0.4, -0.2) is 16.0 Å². The summed E-state index contributed by atoms with van der Waals surface area (Å²) >= 11 is 0. The van der Waals surface area contributed by atoms with Gasteiger partial charge in [0, 0.05) is 12.3 Å². The van der Waals surface area contributed by atoms with Gasteiger partial charge in [-0.2, -0.15) is 0 Å². The van der Waals surface area contributed by atoms with Crippen LogP contribution in [0.1, 0.15) is 16.1 Å². The summed E-state index contributed by atoms with van der Waals surface area (Å²) < 4.78 is 4.78. The van der Waals surface area contributed by atoms with Gasteiger partial charge in [-0.3, -0.25) is 9.59 Å². The van der Waals surface area contributed by atoms with Crippen LogP contribution in [0.5, 0.6) is 0 Å². The number of carbonyl (C=O) groups is 1. The number of H-pyrrole nitrogens is 1. The SMILES string of the molecule is Cc1cc(NC(=O)c2ccc[nH]c2=O)no1.